The molecule has 0 saturated heterocycles. The Morgan fingerprint density at radius 1 is 1.07 bits per heavy atom. The number of carbonyl (C=O) groups excluding carboxylic acids is 2. The van der Waals surface area contributed by atoms with Crippen LogP contribution in [0.25, 0.3) is 0 Å². The van der Waals surface area contributed by atoms with Gasteiger partial charge in [0.25, 0.3) is 0 Å². The van der Waals surface area contributed by atoms with Crippen LogP contribution in [0, 0.1) is 23.5 Å². The zero-order valence-electron chi connectivity index (χ0n) is 15.5. The molecule has 0 aliphatic heterocycles. The van der Waals surface area contributed by atoms with Crippen molar-refractivity contribution in [2.24, 2.45) is 11.8 Å². The Labute approximate surface area is 157 Å². The van der Waals surface area contributed by atoms with Gasteiger partial charge in [-0.15, -0.1) is 0 Å². The Morgan fingerprint density at radius 2 is 1.63 bits per heavy atom. The van der Waals surface area contributed by atoms with Gasteiger partial charge in [-0.3, -0.25) is 9.59 Å². The molecule has 0 bridgehead atoms. The first-order valence-electron chi connectivity index (χ1n) is 8.81. The van der Waals surface area contributed by atoms with E-state index in [0.29, 0.717) is 24.3 Å². The van der Waals surface area contributed by atoms with Crippen LogP contribution in [-0.4, -0.2) is 32.5 Å². The average Bonchev–Trinajstić information content (AvgIpc) is 2.52. The zero-order chi connectivity index (χ0) is 20.4. The van der Waals surface area contributed by atoms with E-state index < -0.39 is 38.2 Å². The summed E-state index contributed by atoms with van der Waals surface area (Å²) in [6, 6.07) is 1.21. The van der Waals surface area contributed by atoms with Crippen molar-refractivity contribution in [1.82, 2.24) is 5.32 Å². The number of hydrogen-bond donors (Lipinski definition) is 2. The summed E-state index contributed by atoms with van der Waals surface area (Å²) in [7, 11) is -4.10. The average molecular weight is 402 g/mol. The van der Waals surface area contributed by atoms with Gasteiger partial charge >= 0.3 is 11.8 Å². The normalized spacial score (nSPS) is 20.4. The first kappa shape index (κ1) is 21.3. The quantitative estimate of drug-likeness (QED) is 0.758. The molecular formula is C18H24F2N2O4S. The third kappa shape index (κ3) is 5.24. The highest BCUT2D eigenvalue weighted by molar-refractivity contribution is 7.90. The summed E-state index contributed by atoms with van der Waals surface area (Å²) >= 11 is 0. The van der Waals surface area contributed by atoms with Gasteiger partial charge in [-0.1, -0.05) is 26.7 Å². The fourth-order valence-corrected chi connectivity index (χ4v) is 4.37. The van der Waals surface area contributed by atoms with Crippen LogP contribution in [0.3, 0.4) is 0 Å². The number of hydrogen-bond acceptors (Lipinski definition) is 4. The van der Waals surface area contributed by atoms with Crippen LogP contribution in [0.15, 0.2) is 17.0 Å². The lowest BCUT2D eigenvalue weighted by atomic mass is 9.78. The lowest BCUT2D eigenvalue weighted by molar-refractivity contribution is -0.137. The van der Waals surface area contributed by atoms with E-state index >= 15 is 0 Å². The fraction of sp³-hybridized carbons (Fsp3) is 0.556. The predicted molar refractivity (Wildman–Crippen MR) is 96.8 cm³/mol. The summed E-state index contributed by atoms with van der Waals surface area (Å²) in [5.41, 5.74) is -0.332. The van der Waals surface area contributed by atoms with Crippen molar-refractivity contribution in [3.63, 3.8) is 0 Å². The van der Waals surface area contributed by atoms with Crippen LogP contribution in [0.5, 0.6) is 0 Å². The fourth-order valence-electron chi connectivity index (χ4n) is 3.54. The van der Waals surface area contributed by atoms with Crippen LogP contribution in [0.4, 0.5) is 14.5 Å². The molecule has 0 aromatic heterocycles. The second-order valence-corrected chi connectivity index (χ2v) is 9.22. The maximum absolute atomic E-state index is 13.9. The molecule has 2 N–H and O–H groups in total. The van der Waals surface area contributed by atoms with E-state index in [0.717, 1.165) is 25.7 Å². The molecule has 6 nitrogen and oxygen atoms in total. The molecule has 1 fully saturated rings. The SMILES string of the molecule is CC(C)C1CCCCC1NC(=O)C(=O)Nc1cc(F)c(S(C)(=O)=O)c(F)c1. The highest BCUT2D eigenvalue weighted by atomic mass is 32.2. The van der Waals surface area contributed by atoms with Gasteiger partial charge in [0.2, 0.25) is 0 Å². The number of rotatable bonds is 4. The Hall–Kier alpha value is -2.03. The third-order valence-corrected chi connectivity index (χ3v) is 5.96. The first-order chi connectivity index (χ1) is 12.5. The van der Waals surface area contributed by atoms with Crippen molar-refractivity contribution < 1.29 is 26.8 Å². The molecule has 27 heavy (non-hydrogen) atoms. The van der Waals surface area contributed by atoms with Crippen molar-refractivity contribution >= 4 is 27.3 Å². The Balaban J connectivity index is 2.09. The molecule has 0 heterocycles. The van der Waals surface area contributed by atoms with Crippen LogP contribution >= 0.6 is 0 Å². The minimum absolute atomic E-state index is 0.127. The van der Waals surface area contributed by atoms with Gasteiger partial charge in [-0.2, -0.15) is 0 Å². The topological polar surface area (TPSA) is 92.3 Å². The number of anilines is 1. The first-order valence-corrected chi connectivity index (χ1v) is 10.7. The van der Waals surface area contributed by atoms with E-state index in [1.807, 2.05) is 0 Å². The van der Waals surface area contributed by atoms with E-state index in [-0.39, 0.29) is 17.6 Å². The standard InChI is InChI=1S/C18H24F2N2O4S/c1-10(2)12-6-4-5-7-15(12)22-18(24)17(23)21-11-8-13(19)16(14(20)9-11)27(3,25)26/h8-10,12,15H,4-7H2,1-3H3,(H,21,23)(H,22,24). The predicted octanol–water partition coefficient (Wildman–Crippen LogP) is 2.64. The summed E-state index contributed by atoms with van der Waals surface area (Å²) in [5.74, 6) is -4.00. The number of amides is 2. The molecule has 2 amide bonds. The number of halogens is 2. The van der Waals surface area contributed by atoms with Crippen molar-refractivity contribution in [2.45, 2.75) is 50.5 Å². The second-order valence-electron chi connectivity index (χ2n) is 7.27. The molecular weight excluding hydrogens is 378 g/mol. The van der Waals surface area contributed by atoms with E-state index in [2.05, 4.69) is 24.5 Å². The molecule has 0 radical (unpaired) electrons. The van der Waals surface area contributed by atoms with Crippen LogP contribution in [-0.2, 0) is 19.4 Å². The highest BCUT2D eigenvalue weighted by Gasteiger charge is 2.30. The van der Waals surface area contributed by atoms with Crippen LogP contribution < -0.4 is 10.6 Å². The van der Waals surface area contributed by atoms with Crippen LogP contribution in [0.1, 0.15) is 39.5 Å². The van der Waals surface area contributed by atoms with Crippen molar-refractivity contribution in [1.29, 1.82) is 0 Å². The number of sulfone groups is 1. The van der Waals surface area contributed by atoms with Gasteiger partial charge in [-0.25, -0.2) is 17.2 Å². The Kier molecular flexibility index (Phi) is 6.56. The number of nitrogens with one attached hydrogen (secondary N) is 2. The van der Waals surface area contributed by atoms with Gasteiger partial charge < -0.3 is 10.6 Å². The molecule has 2 unspecified atom stereocenters. The van der Waals surface area contributed by atoms with Crippen LogP contribution in [0.2, 0.25) is 0 Å². The van der Waals surface area contributed by atoms with E-state index in [9.17, 15) is 26.8 Å². The second kappa shape index (κ2) is 8.33. The molecule has 1 aromatic rings. The molecule has 1 aromatic carbocycles. The molecule has 150 valence electrons. The van der Waals surface area contributed by atoms with Gasteiger partial charge in [0, 0.05) is 18.0 Å². The van der Waals surface area contributed by atoms with Crippen molar-refractivity contribution in [2.75, 3.05) is 11.6 Å². The molecule has 2 rings (SSSR count). The molecule has 9 heteroatoms. The largest absolute Gasteiger partial charge is 0.345 e. The maximum Gasteiger partial charge on any atom is 0.313 e. The molecule has 0 spiro atoms. The number of carbonyl (C=O) groups is 2. The third-order valence-electron chi connectivity index (χ3n) is 4.83. The minimum atomic E-state index is -4.10. The maximum atomic E-state index is 13.9. The summed E-state index contributed by atoms with van der Waals surface area (Å²) in [6.45, 7) is 4.12. The Morgan fingerprint density at radius 3 is 2.15 bits per heavy atom. The number of benzene rings is 1. The van der Waals surface area contributed by atoms with Crippen molar-refractivity contribution in [3.8, 4) is 0 Å². The summed E-state index contributed by atoms with van der Waals surface area (Å²) in [4.78, 5) is 23.2. The minimum Gasteiger partial charge on any atom is -0.345 e. The molecule has 1 aliphatic rings. The Bertz CT molecular complexity index is 817. The van der Waals surface area contributed by atoms with Crippen molar-refractivity contribution in [3.05, 3.63) is 23.8 Å². The summed E-state index contributed by atoms with van der Waals surface area (Å²) < 4.78 is 50.6. The molecule has 1 saturated carbocycles. The van der Waals surface area contributed by atoms with Gasteiger partial charge in [0.15, 0.2) is 9.84 Å². The van der Waals surface area contributed by atoms with Gasteiger partial charge in [0.05, 0.1) is 0 Å². The summed E-state index contributed by atoms with van der Waals surface area (Å²) in [5, 5.41) is 4.81. The molecule has 2 atom stereocenters. The van der Waals surface area contributed by atoms with Gasteiger partial charge in [0.1, 0.15) is 16.5 Å². The lowest BCUT2D eigenvalue weighted by Crippen LogP contribution is -2.47. The van der Waals surface area contributed by atoms with E-state index in [4.69, 9.17) is 0 Å². The molecule has 1 aliphatic carbocycles. The lowest BCUT2D eigenvalue weighted by Gasteiger charge is -2.34. The monoisotopic (exact) mass is 402 g/mol. The van der Waals surface area contributed by atoms with E-state index in [1.165, 1.54) is 0 Å². The smallest absolute Gasteiger partial charge is 0.313 e. The highest BCUT2D eigenvalue weighted by Crippen LogP contribution is 2.30. The van der Waals surface area contributed by atoms with Gasteiger partial charge in [-0.05, 0) is 36.8 Å². The van der Waals surface area contributed by atoms with E-state index in [1.54, 1.807) is 0 Å². The zero-order valence-corrected chi connectivity index (χ0v) is 16.3. The summed E-state index contributed by atoms with van der Waals surface area (Å²) in [6.07, 6.45) is 4.45.